The Kier molecular flexibility index (Phi) is 4.25. The first kappa shape index (κ1) is 17.8. The summed E-state index contributed by atoms with van der Waals surface area (Å²) in [5, 5.41) is 0. The van der Waals surface area contributed by atoms with Gasteiger partial charge < -0.3 is 9.47 Å². The van der Waals surface area contributed by atoms with Crippen LogP contribution in [0.2, 0.25) is 0 Å². The van der Waals surface area contributed by atoms with Gasteiger partial charge in [-0.05, 0) is 37.5 Å². The molecule has 0 aromatic heterocycles. The lowest BCUT2D eigenvalue weighted by Gasteiger charge is -2.66. The highest BCUT2D eigenvalue weighted by molar-refractivity contribution is 5.71. The van der Waals surface area contributed by atoms with Gasteiger partial charge in [-0.3, -0.25) is 9.59 Å². The first-order valence-corrected chi connectivity index (χ1v) is 9.51. The van der Waals surface area contributed by atoms with Crippen LogP contribution >= 0.6 is 0 Å². The molecule has 3 fully saturated rings. The molecule has 0 radical (unpaired) electrons. The van der Waals surface area contributed by atoms with E-state index in [-0.39, 0.29) is 40.7 Å². The van der Waals surface area contributed by atoms with Crippen molar-refractivity contribution in [3.05, 3.63) is 0 Å². The van der Waals surface area contributed by atoms with Crippen molar-refractivity contribution in [2.75, 3.05) is 0 Å². The smallest absolute Gasteiger partial charge is 0.306 e. The minimum atomic E-state index is -0.401. The van der Waals surface area contributed by atoms with E-state index in [1.807, 2.05) is 0 Å². The van der Waals surface area contributed by atoms with Crippen molar-refractivity contribution in [2.45, 2.75) is 91.3 Å². The van der Waals surface area contributed by atoms with Gasteiger partial charge in [-0.25, -0.2) is 0 Å². The molecule has 24 heavy (non-hydrogen) atoms. The molecule has 0 aromatic carbocycles. The van der Waals surface area contributed by atoms with Crippen LogP contribution in [0.4, 0.5) is 0 Å². The van der Waals surface area contributed by atoms with Crippen molar-refractivity contribution in [3.8, 4) is 0 Å². The molecule has 1 aliphatic heterocycles. The summed E-state index contributed by atoms with van der Waals surface area (Å²) in [6.07, 6.45) is 6.39. The second-order valence-electron chi connectivity index (χ2n) is 9.24. The van der Waals surface area contributed by atoms with E-state index in [1.54, 1.807) is 0 Å². The molecule has 4 nitrogen and oxygen atoms in total. The van der Waals surface area contributed by atoms with E-state index >= 15 is 0 Å². The fourth-order valence-corrected chi connectivity index (χ4v) is 6.59. The number of hydrogen-bond donors (Lipinski definition) is 0. The molecule has 136 valence electrons. The van der Waals surface area contributed by atoms with Crippen molar-refractivity contribution in [3.63, 3.8) is 0 Å². The maximum Gasteiger partial charge on any atom is 0.306 e. The van der Waals surface area contributed by atoms with Gasteiger partial charge in [0.1, 0.15) is 11.7 Å². The maximum absolute atomic E-state index is 12.2. The Morgan fingerprint density at radius 3 is 2.50 bits per heavy atom. The molecule has 1 spiro atoms. The van der Waals surface area contributed by atoms with E-state index in [0.717, 1.165) is 38.5 Å². The number of carbonyl (C=O) groups excluding carboxylic acids is 2. The number of fused-ring (bicyclic) bond motifs is 2. The van der Waals surface area contributed by atoms with E-state index < -0.39 is 5.60 Å². The molecule has 2 aliphatic carbocycles. The lowest BCUT2D eigenvalue weighted by atomic mass is 9.43. The SMILES string of the molecule is CC(=O)O[C@@H]1C[C@@H](C)[C@]2(CCCC(=O)O2)[C@@]2(C)CCCC(C)(C)[C@H]12. The van der Waals surface area contributed by atoms with Gasteiger partial charge in [0.2, 0.25) is 0 Å². The van der Waals surface area contributed by atoms with Crippen LogP contribution in [0.25, 0.3) is 0 Å². The van der Waals surface area contributed by atoms with Gasteiger partial charge in [-0.15, -0.1) is 0 Å². The summed E-state index contributed by atoms with van der Waals surface area (Å²) in [5.74, 6) is 0.181. The average Bonchev–Trinajstić information content (AvgIpc) is 2.43. The molecule has 0 N–H and O–H groups in total. The predicted octanol–water partition coefficient (Wildman–Crippen LogP) is 4.26. The van der Waals surface area contributed by atoms with E-state index in [2.05, 4.69) is 27.7 Å². The zero-order valence-electron chi connectivity index (χ0n) is 15.8. The van der Waals surface area contributed by atoms with Gasteiger partial charge in [0.15, 0.2) is 0 Å². The third kappa shape index (κ3) is 2.48. The highest BCUT2D eigenvalue weighted by atomic mass is 16.6. The summed E-state index contributed by atoms with van der Waals surface area (Å²) in [6, 6.07) is 0. The molecule has 1 saturated heterocycles. The summed E-state index contributed by atoms with van der Waals surface area (Å²) in [7, 11) is 0. The summed E-state index contributed by atoms with van der Waals surface area (Å²) in [6.45, 7) is 10.6. The monoisotopic (exact) mass is 336 g/mol. The van der Waals surface area contributed by atoms with E-state index in [1.165, 1.54) is 6.92 Å². The third-order valence-electron chi connectivity index (χ3n) is 7.31. The minimum absolute atomic E-state index is 0.0533. The molecule has 4 heteroatoms. The normalized spacial score (nSPS) is 44.5. The second kappa shape index (κ2) is 5.74. The molecule has 0 amide bonds. The number of rotatable bonds is 1. The Morgan fingerprint density at radius 1 is 1.17 bits per heavy atom. The van der Waals surface area contributed by atoms with E-state index in [4.69, 9.17) is 9.47 Å². The van der Waals surface area contributed by atoms with E-state index in [0.29, 0.717) is 6.42 Å². The number of carbonyl (C=O) groups is 2. The van der Waals surface area contributed by atoms with Gasteiger partial charge in [0, 0.05) is 30.6 Å². The van der Waals surface area contributed by atoms with Crippen molar-refractivity contribution in [1.82, 2.24) is 0 Å². The second-order valence-corrected chi connectivity index (χ2v) is 9.24. The van der Waals surface area contributed by atoms with Crippen LogP contribution in [0.1, 0.15) is 79.6 Å². The molecular formula is C20H32O4. The Labute approximate surface area is 145 Å². The van der Waals surface area contributed by atoms with Crippen LogP contribution < -0.4 is 0 Å². The van der Waals surface area contributed by atoms with E-state index in [9.17, 15) is 9.59 Å². The summed E-state index contributed by atoms with van der Waals surface area (Å²) >= 11 is 0. The highest BCUT2D eigenvalue weighted by Gasteiger charge is 2.67. The Bertz CT molecular complexity index is 540. The molecular weight excluding hydrogens is 304 g/mol. The molecule has 0 aromatic rings. The van der Waals surface area contributed by atoms with Crippen LogP contribution in [0.5, 0.6) is 0 Å². The first-order valence-electron chi connectivity index (χ1n) is 9.51. The molecule has 3 rings (SSSR count). The molecule has 5 atom stereocenters. The number of hydrogen-bond acceptors (Lipinski definition) is 4. The molecule has 0 bridgehead atoms. The molecule has 3 aliphatic rings. The zero-order valence-corrected chi connectivity index (χ0v) is 15.8. The maximum atomic E-state index is 12.2. The topological polar surface area (TPSA) is 52.6 Å². The summed E-state index contributed by atoms with van der Waals surface area (Å²) in [4.78, 5) is 23.9. The fourth-order valence-electron chi connectivity index (χ4n) is 6.59. The van der Waals surface area contributed by atoms with Gasteiger partial charge >= 0.3 is 11.9 Å². The first-order chi connectivity index (χ1) is 11.1. The largest absolute Gasteiger partial charge is 0.462 e. The third-order valence-corrected chi connectivity index (χ3v) is 7.31. The van der Waals surface area contributed by atoms with Gasteiger partial charge in [0.25, 0.3) is 0 Å². The quantitative estimate of drug-likeness (QED) is 0.672. The highest BCUT2D eigenvalue weighted by Crippen LogP contribution is 2.66. The van der Waals surface area contributed by atoms with Gasteiger partial charge in [0.05, 0.1) is 0 Å². The zero-order chi connectivity index (χ0) is 17.8. The summed E-state index contributed by atoms with van der Waals surface area (Å²) in [5.41, 5.74) is -0.464. The Morgan fingerprint density at radius 2 is 1.88 bits per heavy atom. The Balaban J connectivity index is 2.08. The van der Waals surface area contributed by atoms with Crippen molar-refractivity contribution >= 4 is 11.9 Å². The van der Waals surface area contributed by atoms with Crippen molar-refractivity contribution in [2.24, 2.45) is 22.7 Å². The molecule has 1 heterocycles. The van der Waals surface area contributed by atoms with Crippen molar-refractivity contribution < 1.29 is 19.1 Å². The average molecular weight is 336 g/mol. The van der Waals surface area contributed by atoms with Gasteiger partial charge in [-0.1, -0.05) is 34.1 Å². The lowest BCUT2D eigenvalue weighted by Crippen LogP contribution is -2.68. The van der Waals surface area contributed by atoms with Crippen LogP contribution in [-0.2, 0) is 19.1 Å². The minimum Gasteiger partial charge on any atom is -0.462 e. The summed E-state index contributed by atoms with van der Waals surface area (Å²) < 4.78 is 12.0. The molecule has 0 unspecified atom stereocenters. The van der Waals surface area contributed by atoms with Crippen LogP contribution in [0, 0.1) is 22.7 Å². The van der Waals surface area contributed by atoms with Crippen LogP contribution in [0.3, 0.4) is 0 Å². The fraction of sp³-hybridized carbons (Fsp3) is 0.900. The number of esters is 2. The van der Waals surface area contributed by atoms with Crippen molar-refractivity contribution in [1.29, 1.82) is 0 Å². The standard InChI is InChI=1S/C20H32O4/c1-13-12-15(23-14(2)21)17-18(3,4)9-7-10-19(17,5)20(13)11-6-8-16(22)24-20/h13,15,17H,6-12H2,1-5H3/t13-,15-,17+,19+,20-/m1/s1. The Hall–Kier alpha value is -1.06. The van der Waals surface area contributed by atoms with Gasteiger partial charge in [-0.2, -0.15) is 0 Å². The number of ether oxygens (including phenoxy) is 2. The van der Waals surface area contributed by atoms with Crippen LogP contribution in [-0.4, -0.2) is 23.6 Å². The molecule has 2 saturated carbocycles. The van der Waals surface area contributed by atoms with Crippen LogP contribution in [0.15, 0.2) is 0 Å². The lowest BCUT2D eigenvalue weighted by molar-refractivity contribution is -0.267. The predicted molar refractivity (Wildman–Crippen MR) is 91.2 cm³/mol.